The van der Waals surface area contributed by atoms with Crippen molar-refractivity contribution in [3.05, 3.63) is 27.9 Å². The smallest absolute Gasteiger partial charge is 0.256 e. The van der Waals surface area contributed by atoms with Gasteiger partial charge >= 0.3 is 0 Å². The largest absolute Gasteiger partial charge is 0.338 e. The molecular formula is C19H28N4O2. The van der Waals surface area contributed by atoms with Crippen LogP contribution in [0.1, 0.15) is 43.4 Å². The molecule has 2 aliphatic heterocycles. The summed E-state index contributed by atoms with van der Waals surface area (Å²) in [6.45, 7) is 7.34. The molecule has 0 spiro atoms. The van der Waals surface area contributed by atoms with Gasteiger partial charge in [-0.3, -0.25) is 19.1 Å². The van der Waals surface area contributed by atoms with Gasteiger partial charge in [0.1, 0.15) is 0 Å². The third kappa shape index (κ3) is 3.24. The van der Waals surface area contributed by atoms with Crippen molar-refractivity contribution < 1.29 is 4.79 Å². The van der Waals surface area contributed by atoms with Crippen LogP contribution in [0.4, 0.5) is 0 Å². The molecule has 1 saturated carbocycles. The molecule has 3 aliphatic rings. The Bertz CT molecular complexity index is 717. The molecule has 6 nitrogen and oxygen atoms in total. The molecular weight excluding hydrogens is 316 g/mol. The second-order valence-corrected chi connectivity index (χ2v) is 7.96. The first-order valence-electron chi connectivity index (χ1n) is 9.61. The molecule has 1 aliphatic carbocycles. The van der Waals surface area contributed by atoms with Crippen LogP contribution >= 0.6 is 0 Å². The van der Waals surface area contributed by atoms with Crippen LogP contribution in [0.3, 0.4) is 0 Å². The highest BCUT2D eigenvalue weighted by molar-refractivity contribution is 5.84. The van der Waals surface area contributed by atoms with Crippen molar-refractivity contribution in [3.8, 4) is 0 Å². The summed E-state index contributed by atoms with van der Waals surface area (Å²) in [5.41, 5.74) is 1.65. The van der Waals surface area contributed by atoms with Crippen LogP contribution < -0.4 is 5.56 Å². The Balaban J connectivity index is 1.34. The quantitative estimate of drug-likeness (QED) is 0.827. The average Bonchev–Trinajstić information content (AvgIpc) is 3.39. The zero-order chi connectivity index (χ0) is 17.6. The van der Waals surface area contributed by atoms with Crippen molar-refractivity contribution >= 4 is 5.91 Å². The highest BCUT2D eigenvalue weighted by atomic mass is 16.2. The normalized spacial score (nSPS) is 25.8. The fourth-order valence-corrected chi connectivity index (χ4v) is 4.31. The zero-order valence-electron chi connectivity index (χ0n) is 15.3. The summed E-state index contributed by atoms with van der Waals surface area (Å²) < 4.78 is 1.76. The molecule has 25 heavy (non-hydrogen) atoms. The summed E-state index contributed by atoms with van der Waals surface area (Å²) in [4.78, 5) is 33.8. The highest BCUT2D eigenvalue weighted by Gasteiger charge is 2.43. The molecule has 3 fully saturated rings. The van der Waals surface area contributed by atoms with E-state index in [4.69, 9.17) is 0 Å². The minimum atomic E-state index is 0.0842. The summed E-state index contributed by atoms with van der Waals surface area (Å²) in [5, 5.41) is 0. The zero-order valence-corrected chi connectivity index (χ0v) is 15.3. The van der Waals surface area contributed by atoms with Gasteiger partial charge in [0.05, 0.1) is 12.4 Å². The van der Waals surface area contributed by atoms with E-state index in [0.717, 1.165) is 56.7 Å². The lowest BCUT2D eigenvalue weighted by Crippen LogP contribution is -2.46. The molecule has 1 amide bonds. The predicted molar refractivity (Wildman–Crippen MR) is 95.4 cm³/mol. The number of hydrogen-bond donors (Lipinski definition) is 0. The predicted octanol–water partition coefficient (Wildman–Crippen LogP) is 1.34. The molecule has 6 heteroatoms. The van der Waals surface area contributed by atoms with E-state index >= 15 is 0 Å². The first-order chi connectivity index (χ1) is 12.0. The van der Waals surface area contributed by atoms with Gasteiger partial charge in [0.2, 0.25) is 5.91 Å². The van der Waals surface area contributed by atoms with Gasteiger partial charge < -0.3 is 4.90 Å². The van der Waals surface area contributed by atoms with E-state index in [1.54, 1.807) is 10.9 Å². The van der Waals surface area contributed by atoms with Crippen LogP contribution in [-0.4, -0.2) is 57.0 Å². The van der Waals surface area contributed by atoms with Gasteiger partial charge in [0.15, 0.2) is 0 Å². The molecule has 1 aromatic heterocycles. The third-order valence-electron chi connectivity index (χ3n) is 6.26. The van der Waals surface area contributed by atoms with Crippen LogP contribution in [0.15, 0.2) is 11.1 Å². The molecule has 1 aromatic rings. The molecule has 0 bridgehead atoms. The maximum Gasteiger partial charge on any atom is 0.256 e. The molecule has 3 heterocycles. The van der Waals surface area contributed by atoms with E-state index in [0.29, 0.717) is 17.9 Å². The Labute approximate surface area is 148 Å². The summed E-state index contributed by atoms with van der Waals surface area (Å²) in [6, 6.07) is 0.645. The molecule has 1 unspecified atom stereocenters. The van der Waals surface area contributed by atoms with Gasteiger partial charge in [-0.25, -0.2) is 4.98 Å². The van der Waals surface area contributed by atoms with Gasteiger partial charge in [0, 0.05) is 30.4 Å². The van der Waals surface area contributed by atoms with E-state index in [1.807, 2.05) is 13.8 Å². The van der Waals surface area contributed by atoms with E-state index < -0.39 is 0 Å². The lowest BCUT2D eigenvalue weighted by Gasteiger charge is -2.35. The molecule has 0 radical (unpaired) electrons. The van der Waals surface area contributed by atoms with Crippen LogP contribution in [0.25, 0.3) is 0 Å². The van der Waals surface area contributed by atoms with Crippen LogP contribution in [0, 0.1) is 19.8 Å². The highest BCUT2D eigenvalue weighted by Crippen LogP contribution is 2.33. The van der Waals surface area contributed by atoms with Crippen LogP contribution in [-0.2, 0) is 11.3 Å². The molecule has 1 atom stereocenters. The lowest BCUT2D eigenvalue weighted by atomic mass is 9.95. The molecule has 4 rings (SSSR count). The lowest BCUT2D eigenvalue weighted by molar-refractivity contribution is -0.133. The van der Waals surface area contributed by atoms with Crippen molar-refractivity contribution in [3.63, 3.8) is 0 Å². The maximum absolute atomic E-state index is 12.6. The molecule has 0 N–H and O–H groups in total. The Morgan fingerprint density at radius 2 is 1.76 bits per heavy atom. The topological polar surface area (TPSA) is 58.4 Å². The number of piperidine rings is 1. The fraction of sp³-hybridized carbons (Fsp3) is 0.737. The number of aryl methyl sites for hydroxylation is 1. The van der Waals surface area contributed by atoms with Gasteiger partial charge in [-0.2, -0.15) is 0 Å². The van der Waals surface area contributed by atoms with E-state index in [-0.39, 0.29) is 11.6 Å². The molecule has 2 saturated heterocycles. The first-order valence-corrected chi connectivity index (χ1v) is 9.61. The Kier molecular flexibility index (Phi) is 4.40. The van der Waals surface area contributed by atoms with Crippen molar-refractivity contribution in [2.24, 2.45) is 5.92 Å². The van der Waals surface area contributed by atoms with E-state index in [9.17, 15) is 9.59 Å². The van der Waals surface area contributed by atoms with E-state index in [2.05, 4.69) is 14.8 Å². The second-order valence-electron chi connectivity index (χ2n) is 7.96. The number of likely N-dealkylation sites (tertiary alicyclic amines) is 2. The number of carbonyl (C=O) groups excluding carboxylic acids is 1. The van der Waals surface area contributed by atoms with Crippen molar-refractivity contribution in [1.82, 2.24) is 19.4 Å². The van der Waals surface area contributed by atoms with Crippen molar-refractivity contribution in [2.45, 2.75) is 64.6 Å². The summed E-state index contributed by atoms with van der Waals surface area (Å²) in [7, 11) is 0. The van der Waals surface area contributed by atoms with Gasteiger partial charge in [-0.1, -0.05) is 0 Å². The van der Waals surface area contributed by atoms with Crippen LogP contribution in [0.5, 0.6) is 0 Å². The molecule has 136 valence electrons. The minimum absolute atomic E-state index is 0.0842. The average molecular weight is 344 g/mol. The number of nitrogens with zero attached hydrogens (tertiary/aromatic N) is 4. The van der Waals surface area contributed by atoms with Gasteiger partial charge in [-0.05, 0) is 65.0 Å². The standard InChI is InChI=1S/C19H28N4O2/c1-13-14(2)20-12-22(18(13)24)11-15-5-8-21(9-6-15)17-7-10-23(19(17)25)16-3-4-16/h12,15-17H,3-11H2,1-2H3. The summed E-state index contributed by atoms with van der Waals surface area (Å²) in [6.07, 6.45) is 7.16. The Hall–Kier alpha value is -1.69. The third-order valence-corrected chi connectivity index (χ3v) is 6.26. The number of hydrogen-bond acceptors (Lipinski definition) is 4. The summed E-state index contributed by atoms with van der Waals surface area (Å²) in [5.74, 6) is 0.851. The van der Waals surface area contributed by atoms with Crippen molar-refractivity contribution in [1.29, 1.82) is 0 Å². The van der Waals surface area contributed by atoms with E-state index in [1.165, 1.54) is 12.8 Å². The summed E-state index contributed by atoms with van der Waals surface area (Å²) >= 11 is 0. The van der Waals surface area contributed by atoms with Gasteiger partial charge in [-0.15, -0.1) is 0 Å². The number of aromatic nitrogens is 2. The van der Waals surface area contributed by atoms with Crippen LogP contribution in [0.2, 0.25) is 0 Å². The maximum atomic E-state index is 12.6. The fourth-order valence-electron chi connectivity index (χ4n) is 4.31. The number of rotatable bonds is 4. The molecule has 0 aromatic carbocycles. The van der Waals surface area contributed by atoms with Gasteiger partial charge in [0.25, 0.3) is 5.56 Å². The first kappa shape index (κ1) is 16.8. The second kappa shape index (κ2) is 6.56. The number of amides is 1. The van der Waals surface area contributed by atoms with Crippen molar-refractivity contribution in [2.75, 3.05) is 19.6 Å². The Morgan fingerprint density at radius 3 is 2.44 bits per heavy atom. The number of carbonyl (C=O) groups is 1. The SMILES string of the molecule is Cc1ncn(CC2CCN(C3CCN(C4CC4)C3=O)CC2)c(=O)c1C. The minimum Gasteiger partial charge on any atom is -0.338 e. The Morgan fingerprint density at radius 1 is 1.04 bits per heavy atom. The monoisotopic (exact) mass is 344 g/mol.